The fourth-order valence-corrected chi connectivity index (χ4v) is 11.2. The van der Waals surface area contributed by atoms with Crippen LogP contribution in [-0.2, 0) is 72.8 Å². The molecule has 3 fully saturated rings. The number of aliphatic hydroxyl groups is 6. The van der Waals surface area contributed by atoms with Gasteiger partial charge >= 0.3 is 37.1 Å². The van der Waals surface area contributed by atoms with Crippen molar-refractivity contribution in [1.29, 1.82) is 0 Å². The van der Waals surface area contributed by atoms with Gasteiger partial charge in [0.1, 0.15) is 54.9 Å². The van der Waals surface area contributed by atoms with Crippen LogP contribution in [0.4, 0.5) is 11.4 Å². The molecule has 0 saturated carbocycles. The number of methoxy groups -OCH3 is 1. The fraction of sp³-hybridized carbons (Fsp3) is 0.788. The van der Waals surface area contributed by atoms with Crippen molar-refractivity contribution in [2.24, 2.45) is 0 Å². The van der Waals surface area contributed by atoms with Crippen molar-refractivity contribution in [2.45, 2.75) is 123 Å². The van der Waals surface area contributed by atoms with Crippen molar-refractivity contribution in [3.8, 4) is 0 Å². The highest BCUT2D eigenvalue weighted by Crippen LogP contribution is 2.40. The standard InChI is InChI=1S/C33H55N3O25S5/c1-54-27-21(15-57-65(48,49)50)58-32(22(25(27)41)36-64(45,46)47)59-28-26(42)29(61-66(51,52)53)33(60-30(28)31(43)44)55-14-20(38)24(40)23(39)19(37)13-34-16-6-5-7-17(12-16)35-56-10-4-2-3-8-18-9-11-62-63-18/h5-7,12,18-30,32-42H,2-4,8-11,13-15H2,1H3,(H,43,44)(H,45,46,47)(H,48,49,50)(H,51,52,53)/t18?,19?,20?,21?,22?,23-,24+,25-,26+,27-,28+,29?,30?,32-,33+/m0/s1. The van der Waals surface area contributed by atoms with E-state index in [1.165, 1.54) is 23.3 Å². The van der Waals surface area contributed by atoms with Gasteiger partial charge in [-0.15, -0.1) is 0 Å². The Morgan fingerprint density at radius 1 is 0.879 bits per heavy atom. The molecule has 66 heavy (non-hydrogen) atoms. The number of rotatable bonds is 28. The molecule has 1 aromatic carbocycles. The predicted octanol–water partition coefficient (Wildman–Crippen LogP) is -2.96. The van der Waals surface area contributed by atoms with E-state index >= 15 is 0 Å². The average Bonchev–Trinajstić information content (AvgIpc) is 3.76. The molecule has 0 aliphatic carbocycles. The molecule has 1 aromatic rings. The second kappa shape index (κ2) is 25.8. The minimum atomic E-state index is -5.63. The van der Waals surface area contributed by atoms with Crippen molar-refractivity contribution < 1.29 is 116 Å². The van der Waals surface area contributed by atoms with Gasteiger partial charge in [0, 0.05) is 30.3 Å². The normalized spacial score (nSPS) is 30.6. The molecule has 33 heteroatoms. The first kappa shape index (κ1) is 56.7. The molecule has 3 saturated heterocycles. The summed E-state index contributed by atoms with van der Waals surface area (Å²) < 4.78 is 134. The van der Waals surface area contributed by atoms with Crippen LogP contribution >= 0.6 is 21.6 Å². The molecule has 3 aliphatic heterocycles. The number of aliphatic hydroxyl groups excluding tert-OH is 6. The number of unbranched alkanes of at least 4 members (excludes halogenated alkanes) is 2. The second-order valence-corrected chi connectivity index (χ2v) is 21.1. The van der Waals surface area contributed by atoms with Gasteiger partial charge in [-0.1, -0.05) is 40.5 Å². The van der Waals surface area contributed by atoms with Gasteiger partial charge in [-0.2, -0.15) is 30.0 Å². The van der Waals surface area contributed by atoms with Gasteiger partial charge in [-0.3, -0.25) is 24.0 Å². The summed E-state index contributed by atoms with van der Waals surface area (Å²) in [5.74, 6) is -0.840. The van der Waals surface area contributed by atoms with Gasteiger partial charge in [0.05, 0.1) is 31.6 Å². The molecule has 0 spiro atoms. The number of carboxylic acids is 1. The SMILES string of the molecule is CO[C@H]1C(COS(=O)(=O)O)O[C@@H](O[C@H]2C(C(=O)O)O[C@@H](OCC(O)[C@@H](O)[C@@H](O)C(O)CNc3cccc(NOCCCCCC4CCSS4)c3)C(OS(=O)(=O)O)[C@@H]2O)C(NS(=O)(=O)O)[C@@H]1O. The third-order valence-corrected chi connectivity index (χ3v) is 14.5. The van der Waals surface area contributed by atoms with E-state index in [1.807, 2.05) is 21.6 Å². The number of benzene rings is 1. The molecule has 4 rings (SSSR count). The van der Waals surface area contributed by atoms with Gasteiger partial charge in [0.2, 0.25) is 0 Å². The first-order valence-electron chi connectivity index (χ1n) is 19.8. The third-order valence-electron chi connectivity index (χ3n) is 10.0. The molecule has 13 N–H and O–H groups in total. The Kier molecular flexibility index (Phi) is 22.2. The fourth-order valence-electron chi connectivity index (χ4n) is 6.83. The Labute approximate surface area is 387 Å². The monoisotopic (exact) mass is 1050 g/mol. The van der Waals surface area contributed by atoms with Crippen LogP contribution in [0.3, 0.4) is 0 Å². The number of hydrogen-bond donors (Lipinski definition) is 13. The van der Waals surface area contributed by atoms with Crippen molar-refractivity contribution >= 4 is 70.0 Å². The Bertz CT molecular complexity index is 2000. The zero-order valence-electron chi connectivity index (χ0n) is 34.7. The molecule has 3 aliphatic rings. The maximum Gasteiger partial charge on any atom is 0.397 e. The van der Waals surface area contributed by atoms with E-state index in [0.29, 0.717) is 23.2 Å². The van der Waals surface area contributed by atoms with Crippen LogP contribution in [0.1, 0.15) is 32.1 Å². The maximum absolute atomic E-state index is 12.4. The van der Waals surface area contributed by atoms with Crippen molar-refractivity contribution in [2.75, 3.05) is 50.0 Å². The van der Waals surface area contributed by atoms with E-state index in [0.717, 1.165) is 26.4 Å². The highest BCUT2D eigenvalue weighted by molar-refractivity contribution is 8.77. The van der Waals surface area contributed by atoms with Crippen LogP contribution in [0.5, 0.6) is 0 Å². The van der Waals surface area contributed by atoms with Gasteiger partial charge in [0.15, 0.2) is 24.8 Å². The number of carbonyl (C=O) groups is 1. The molecular formula is C33H55N3O25S5. The molecule has 0 aromatic heterocycles. The Morgan fingerprint density at radius 3 is 2.20 bits per heavy atom. The molecule has 28 nitrogen and oxygen atoms in total. The summed E-state index contributed by atoms with van der Waals surface area (Å²) in [7, 11) is -11.4. The molecule has 382 valence electrons. The van der Waals surface area contributed by atoms with E-state index in [4.69, 9.17) is 33.1 Å². The summed E-state index contributed by atoms with van der Waals surface area (Å²) in [5, 5.41) is 78.4. The number of aliphatic carboxylic acids is 1. The minimum absolute atomic E-state index is 0.388. The molecule has 0 amide bonds. The van der Waals surface area contributed by atoms with Crippen LogP contribution in [0.15, 0.2) is 24.3 Å². The van der Waals surface area contributed by atoms with Crippen LogP contribution in [-0.4, -0.2) is 211 Å². The molecule has 15 atom stereocenters. The second-order valence-electron chi connectivity index (χ2n) is 14.9. The molecule has 0 radical (unpaired) electrons. The lowest BCUT2D eigenvalue weighted by atomic mass is 9.95. The molecule has 3 heterocycles. The molecule has 7 unspecified atom stereocenters. The van der Waals surface area contributed by atoms with E-state index in [2.05, 4.69) is 19.2 Å². The van der Waals surface area contributed by atoms with Gasteiger partial charge in [-0.05, 0) is 37.5 Å². The smallest absolute Gasteiger partial charge is 0.397 e. The lowest BCUT2D eigenvalue weighted by Crippen LogP contribution is -2.68. The first-order valence-corrected chi connectivity index (χ1v) is 26.4. The van der Waals surface area contributed by atoms with E-state index < -0.39 is 136 Å². The summed E-state index contributed by atoms with van der Waals surface area (Å²) >= 11 is 0. The Hall–Kier alpha value is -1.88. The van der Waals surface area contributed by atoms with Crippen LogP contribution in [0, 0.1) is 0 Å². The lowest BCUT2D eigenvalue weighted by molar-refractivity contribution is -0.340. The average molecular weight is 1050 g/mol. The Morgan fingerprint density at radius 2 is 1.58 bits per heavy atom. The first-order chi connectivity index (χ1) is 30.9. The summed E-state index contributed by atoms with van der Waals surface area (Å²) in [6, 6.07) is 4.43. The van der Waals surface area contributed by atoms with Crippen LogP contribution < -0.4 is 15.5 Å². The predicted molar refractivity (Wildman–Crippen MR) is 226 cm³/mol. The summed E-state index contributed by atoms with van der Waals surface area (Å²) in [4.78, 5) is 18.0. The van der Waals surface area contributed by atoms with Crippen LogP contribution in [0.25, 0.3) is 0 Å². The maximum atomic E-state index is 12.4. The van der Waals surface area contributed by atoms with Gasteiger partial charge in [-0.25, -0.2) is 13.2 Å². The van der Waals surface area contributed by atoms with Crippen molar-refractivity contribution in [3.63, 3.8) is 0 Å². The summed E-state index contributed by atoms with van der Waals surface area (Å²) in [6.45, 7) is -2.28. The van der Waals surface area contributed by atoms with E-state index in [9.17, 15) is 74.9 Å². The zero-order chi connectivity index (χ0) is 49.0. The molecular weight excluding hydrogens is 999 g/mol. The van der Waals surface area contributed by atoms with Gasteiger partial charge < -0.3 is 64.7 Å². The van der Waals surface area contributed by atoms with Crippen molar-refractivity contribution in [3.05, 3.63) is 24.3 Å². The summed E-state index contributed by atoms with van der Waals surface area (Å²) in [6.07, 6.45) is -23.7. The third kappa shape index (κ3) is 18.1. The number of anilines is 2. The topological polar surface area (TPSA) is 432 Å². The largest absolute Gasteiger partial charge is 0.479 e. The summed E-state index contributed by atoms with van der Waals surface area (Å²) in [5.41, 5.74) is 3.84. The van der Waals surface area contributed by atoms with E-state index in [1.54, 1.807) is 24.3 Å². The number of nitrogens with one attached hydrogen (secondary N) is 3. The Balaban J connectivity index is 1.37. The number of hydrogen-bond acceptors (Lipinski definition) is 25. The molecule has 0 bridgehead atoms. The van der Waals surface area contributed by atoms with Crippen molar-refractivity contribution in [1.82, 2.24) is 4.72 Å². The highest BCUT2D eigenvalue weighted by Gasteiger charge is 2.56. The van der Waals surface area contributed by atoms with Crippen LogP contribution in [0.2, 0.25) is 0 Å². The quantitative estimate of drug-likeness (QED) is 0.0173. The zero-order valence-corrected chi connectivity index (χ0v) is 38.8. The minimum Gasteiger partial charge on any atom is -0.479 e. The van der Waals surface area contributed by atoms with E-state index in [-0.39, 0.29) is 6.54 Å². The number of carboxylic acid groups (broad SMARTS) is 1. The number of ether oxygens (including phenoxy) is 5. The highest BCUT2D eigenvalue weighted by atomic mass is 33.1. The lowest BCUT2D eigenvalue weighted by Gasteiger charge is -2.47. The van der Waals surface area contributed by atoms with Gasteiger partial charge in [0.25, 0.3) is 0 Å².